The van der Waals surface area contributed by atoms with E-state index < -0.39 is 0 Å². The molecule has 0 aliphatic carbocycles. The van der Waals surface area contributed by atoms with Gasteiger partial charge in [-0.15, -0.1) is 0 Å². The van der Waals surface area contributed by atoms with Crippen molar-refractivity contribution in [1.82, 2.24) is 0 Å². The summed E-state index contributed by atoms with van der Waals surface area (Å²) in [5, 5.41) is 0. The smallest absolute Gasteiger partial charge is 0.169 e. The van der Waals surface area contributed by atoms with Gasteiger partial charge in [-0.25, -0.2) is 9.13 Å². The Hall–Kier alpha value is -1.70. The molecular formula is C21H34N2+2. The number of rotatable bonds is 6. The van der Waals surface area contributed by atoms with E-state index in [-0.39, 0.29) is 0 Å². The molecule has 0 unspecified atom stereocenters. The molecule has 126 valence electrons. The van der Waals surface area contributed by atoms with Crippen LogP contribution in [0.4, 0.5) is 0 Å². The van der Waals surface area contributed by atoms with Crippen LogP contribution in [0, 0.1) is 5.92 Å². The summed E-state index contributed by atoms with van der Waals surface area (Å²) in [4.78, 5) is 0. The Morgan fingerprint density at radius 1 is 0.696 bits per heavy atom. The van der Waals surface area contributed by atoms with E-state index in [1.807, 2.05) is 0 Å². The molecule has 0 aliphatic heterocycles. The van der Waals surface area contributed by atoms with Gasteiger partial charge in [0, 0.05) is 37.1 Å². The quantitative estimate of drug-likeness (QED) is 0.677. The molecule has 2 aromatic rings. The van der Waals surface area contributed by atoms with E-state index in [0.29, 0.717) is 0 Å². The van der Waals surface area contributed by atoms with Gasteiger partial charge < -0.3 is 0 Å². The first kappa shape index (κ1) is 19.3. The van der Waals surface area contributed by atoms with E-state index in [0.717, 1.165) is 19.0 Å². The maximum absolute atomic E-state index is 2.23. The normalized spacial score (nSPS) is 10.3. The van der Waals surface area contributed by atoms with E-state index >= 15 is 0 Å². The number of hydrogen-bond acceptors (Lipinski definition) is 0. The lowest BCUT2D eigenvalue weighted by Crippen LogP contribution is -2.32. The molecule has 0 aromatic carbocycles. The SMILES string of the molecule is CCC(C)C.CCC[n+]1ccc(-c2cc[n+](CCC)cc2)cc1. The second-order valence-corrected chi connectivity index (χ2v) is 6.45. The topological polar surface area (TPSA) is 7.76 Å². The van der Waals surface area contributed by atoms with Gasteiger partial charge in [-0.2, -0.15) is 0 Å². The van der Waals surface area contributed by atoms with E-state index in [2.05, 4.69) is 92.8 Å². The van der Waals surface area contributed by atoms with Crippen LogP contribution in [0.2, 0.25) is 0 Å². The highest BCUT2D eigenvalue weighted by Gasteiger charge is 2.04. The number of pyridine rings is 2. The van der Waals surface area contributed by atoms with Crippen LogP contribution in [0.3, 0.4) is 0 Å². The molecule has 2 aromatic heterocycles. The van der Waals surface area contributed by atoms with Crippen molar-refractivity contribution in [2.24, 2.45) is 5.92 Å². The molecule has 0 bridgehead atoms. The Labute approximate surface area is 142 Å². The van der Waals surface area contributed by atoms with E-state index in [9.17, 15) is 0 Å². The molecule has 0 atom stereocenters. The van der Waals surface area contributed by atoms with E-state index in [4.69, 9.17) is 0 Å². The third-order valence-electron chi connectivity index (χ3n) is 3.90. The molecule has 0 amide bonds. The van der Waals surface area contributed by atoms with Crippen LogP contribution < -0.4 is 9.13 Å². The predicted molar refractivity (Wildman–Crippen MR) is 98.0 cm³/mol. The second kappa shape index (κ2) is 10.9. The summed E-state index contributed by atoms with van der Waals surface area (Å²) < 4.78 is 4.45. The zero-order valence-electron chi connectivity index (χ0n) is 15.6. The van der Waals surface area contributed by atoms with Gasteiger partial charge in [0.1, 0.15) is 13.1 Å². The Balaban J connectivity index is 0.000000463. The summed E-state index contributed by atoms with van der Waals surface area (Å²) in [6.07, 6.45) is 12.3. The van der Waals surface area contributed by atoms with Crippen molar-refractivity contribution in [2.75, 3.05) is 0 Å². The second-order valence-electron chi connectivity index (χ2n) is 6.45. The van der Waals surface area contributed by atoms with Gasteiger partial charge in [0.2, 0.25) is 0 Å². The Bertz CT molecular complexity index is 479. The third kappa shape index (κ3) is 7.40. The Kier molecular flexibility index (Phi) is 9.20. The molecular weight excluding hydrogens is 280 g/mol. The zero-order valence-corrected chi connectivity index (χ0v) is 15.6. The van der Waals surface area contributed by atoms with Crippen molar-refractivity contribution >= 4 is 0 Å². The van der Waals surface area contributed by atoms with Crippen LogP contribution in [-0.2, 0) is 13.1 Å². The van der Waals surface area contributed by atoms with Crippen LogP contribution >= 0.6 is 0 Å². The molecule has 2 heterocycles. The molecule has 0 fully saturated rings. The van der Waals surface area contributed by atoms with Crippen LogP contribution in [0.15, 0.2) is 49.1 Å². The lowest BCUT2D eigenvalue weighted by molar-refractivity contribution is -0.697. The largest absolute Gasteiger partial charge is 0.205 e. The number of nitrogens with zero attached hydrogens (tertiary/aromatic N) is 2. The van der Waals surface area contributed by atoms with Gasteiger partial charge in [-0.3, -0.25) is 0 Å². The summed E-state index contributed by atoms with van der Waals surface area (Å²) in [6.45, 7) is 13.2. The fraction of sp³-hybridized carbons (Fsp3) is 0.524. The van der Waals surface area contributed by atoms with Gasteiger partial charge in [0.15, 0.2) is 24.8 Å². The molecule has 2 rings (SSSR count). The predicted octanol–water partition coefficient (Wildman–Crippen LogP) is 4.80. The monoisotopic (exact) mass is 314 g/mol. The molecule has 0 N–H and O–H groups in total. The molecule has 0 spiro atoms. The van der Waals surface area contributed by atoms with Gasteiger partial charge >= 0.3 is 0 Å². The van der Waals surface area contributed by atoms with Crippen molar-refractivity contribution in [2.45, 2.75) is 67.0 Å². The molecule has 0 saturated carbocycles. The first-order valence-electron chi connectivity index (χ1n) is 9.09. The lowest BCUT2D eigenvalue weighted by Gasteiger charge is -2.00. The van der Waals surface area contributed by atoms with Gasteiger partial charge in [0.25, 0.3) is 0 Å². The molecule has 2 heteroatoms. The van der Waals surface area contributed by atoms with Crippen LogP contribution in [0.5, 0.6) is 0 Å². The number of hydrogen-bond donors (Lipinski definition) is 0. The average Bonchev–Trinajstić information content (AvgIpc) is 2.57. The molecule has 23 heavy (non-hydrogen) atoms. The summed E-state index contributed by atoms with van der Waals surface area (Å²) in [7, 11) is 0. The minimum atomic E-state index is 0.884. The van der Waals surface area contributed by atoms with Crippen molar-refractivity contribution in [3.05, 3.63) is 49.1 Å². The molecule has 2 nitrogen and oxygen atoms in total. The average molecular weight is 315 g/mol. The highest BCUT2D eigenvalue weighted by molar-refractivity contribution is 5.60. The van der Waals surface area contributed by atoms with Crippen LogP contribution in [0.1, 0.15) is 53.9 Å². The summed E-state index contributed by atoms with van der Waals surface area (Å²) in [5.74, 6) is 0.884. The van der Waals surface area contributed by atoms with Crippen molar-refractivity contribution in [1.29, 1.82) is 0 Å². The summed E-state index contributed by atoms with van der Waals surface area (Å²) in [6, 6.07) is 8.76. The molecule has 0 radical (unpaired) electrons. The maximum Gasteiger partial charge on any atom is 0.169 e. The Morgan fingerprint density at radius 3 is 1.22 bits per heavy atom. The minimum absolute atomic E-state index is 0.884. The van der Waals surface area contributed by atoms with Crippen molar-refractivity contribution < 1.29 is 9.13 Å². The summed E-state index contributed by atoms with van der Waals surface area (Å²) in [5.41, 5.74) is 2.57. The first-order chi connectivity index (χ1) is 11.1. The standard InChI is InChI=1S/C16H22N2.C5H12/c1-3-9-17-11-5-15(6-12-17)16-7-13-18(10-4-2)14-8-16;1-4-5(2)3/h5-8,11-14H,3-4,9-10H2,1-2H3;5H,4H2,1-3H3/q+2;. The fourth-order valence-corrected chi connectivity index (χ4v) is 2.11. The van der Waals surface area contributed by atoms with Gasteiger partial charge in [-0.05, 0) is 17.0 Å². The number of aryl methyl sites for hydroxylation is 2. The third-order valence-corrected chi connectivity index (χ3v) is 3.90. The van der Waals surface area contributed by atoms with E-state index in [1.165, 1.54) is 30.4 Å². The van der Waals surface area contributed by atoms with Crippen LogP contribution in [0.25, 0.3) is 11.1 Å². The molecule has 0 aliphatic rings. The lowest BCUT2D eigenvalue weighted by atomic mass is 10.1. The Morgan fingerprint density at radius 2 is 1.00 bits per heavy atom. The van der Waals surface area contributed by atoms with Crippen molar-refractivity contribution in [3.8, 4) is 11.1 Å². The van der Waals surface area contributed by atoms with Gasteiger partial charge in [0.05, 0.1) is 0 Å². The molecule has 0 saturated heterocycles. The van der Waals surface area contributed by atoms with E-state index in [1.54, 1.807) is 0 Å². The first-order valence-corrected chi connectivity index (χ1v) is 9.09. The highest BCUT2D eigenvalue weighted by atomic mass is 14.9. The highest BCUT2D eigenvalue weighted by Crippen LogP contribution is 2.15. The van der Waals surface area contributed by atoms with Gasteiger partial charge in [-0.1, -0.05) is 41.0 Å². The zero-order chi connectivity index (χ0) is 17.1. The fourth-order valence-electron chi connectivity index (χ4n) is 2.11. The minimum Gasteiger partial charge on any atom is -0.205 e. The summed E-state index contributed by atoms with van der Waals surface area (Å²) >= 11 is 0. The van der Waals surface area contributed by atoms with Crippen LogP contribution in [-0.4, -0.2) is 0 Å². The number of aromatic nitrogens is 2. The maximum atomic E-state index is 2.23. The van der Waals surface area contributed by atoms with Crippen molar-refractivity contribution in [3.63, 3.8) is 0 Å².